The van der Waals surface area contributed by atoms with E-state index in [4.69, 9.17) is 9.47 Å². The van der Waals surface area contributed by atoms with E-state index in [1.165, 1.54) is 18.5 Å². The van der Waals surface area contributed by atoms with Crippen LogP contribution in [0.3, 0.4) is 0 Å². The number of anilines is 1. The van der Waals surface area contributed by atoms with Gasteiger partial charge in [0.2, 0.25) is 0 Å². The summed E-state index contributed by atoms with van der Waals surface area (Å²) in [5.74, 6) is 0. The number of hydrogen-bond acceptors (Lipinski definition) is 3. The molecule has 1 fully saturated rings. The van der Waals surface area contributed by atoms with Crippen molar-refractivity contribution < 1.29 is 9.47 Å². The summed E-state index contributed by atoms with van der Waals surface area (Å²) >= 11 is 3.48. The van der Waals surface area contributed by atoms with E-state index in [0.29, 0.717) is 0 Å². The lowest BCUT2D eigenvalue weighted by molar-refractivity contribution is -0.162. The summed E-state index contributed by atoms with van der Waals surface area (Å²) in [5, 5.41) is 0. The topological polar surface area (TPSA) is 21.7 Å². The molecule has 4 heteroatoms. The van der Waals surface area contributed by atoms with Gasteiger partial charge in [0, 0.05) is 36.5 Å². The maximum absolute atomic E-state index is 5.77. The number of ether oxygens (including phenoxy) is 2. The quantitative estimate of drug-likeness (QED) is 0.636. The Bertz CT molecular complexity index is 390. The Morgan fingerprint density at radius 1 is 1.24 bits per heavy atom. The smallest absolute Gasteiger partial charge is 0.157 e. The Morgan fingerprint density at radius 3 is 2.71 bits per heavy atom. The van der Waals surface area contributed by atoms with Gasteiger partial charge in [0.05, 0.1) is 0 Å². The van der Waals surface area contributed by atoms with Crippen LogP contribution in [0.4, 0.5) is 5.69 Å². The van der Waals surface area contributed by atoms with Gasteiger partial charge in [-0.15, -0.1) is 0 Å². The van der Waals surface area contributed by atoms with Crippen molar-refractivity contribution in [2.75, 3.05) is 31.2 Å². The second-order valence-electron chi connectivity index (χ2n) is 5.43. The first kappa shape index (κ1) is 16.8. The van der Waals surface area contributed by atoms with Gasteiger partial charge in [-0.2, -0.15) is 0 Å². The van der Waals surface area contributed by atoms with Crippen LogP contribution < -0.4 is 4.90 Å². The molecule has 1 heterocycles. The van der Waals surface area contributed by atoms with E-state index in [-0.39, 0.29) is 6.29 Å². The van der Waals surface area contributed by atoms with Crippen LogP contribution >= 0.6 is 15.9 Å². The molecule has 0 saturated carbocycles. The van der Waals surface area contributed by atoms with Crippen molar-refractivity contribution in [2.24, 2.45) is 0 Å². The molecule has 0 aliphatic carbocycles. The lowest BCUT2D eigenvalue weighted by atomic mass is 10.2. The van der Waals surface area contributed by atoms with Gasteiger partial charge in [-0.3, -0.25) is 0 Å². The zero-order chi connectivity index (χ0) is 14.9. The molecule has 1 aliphatic rings. The first-order chi connectivity index (χ1) is 10.3. The molecular weight excluding hydrogens is 330 g/mol. The van der Waals surface area contributed by atoms with Crippen LogP contribution in [0.25, 0.3) is 0 Å². The summed E-state index contributed by atoms with van der Waals surface area (Å²) < 4.78 is 12.5. The number of halogens is 1. The maximum Gasteiger partial charge on any atom is 0.157 e. The summed E-state index contributed by atoms with van der Waals surface area (Å²) in [7, 11) is 0. The Kier molecular flexibility index (Phi) is 7.54. The van der Waals surface area contributed by atoms with Crippen LogP contribution in [0.1, 0.15) is 39.0 Å². The predicted molar refractivity (Wildman–Crippen MR) is 90.8 cm³/mol. The minimum atomic E-state index is 0.0486. The molecule has 0 spiro atoms. The number of nitrogens with zero attached hydrogens (tertiary/aromatic N) is 1. The zero-order valence-electron chi connectivity index (χ0n) is 12.9. The molecule has 1 aliphatic heterocycles. The molecule has 1 saturated heterocycles. The van der Waals surface area contributed by atoms with Crippen molar-refractivity contribution >= 4 is 21.6 Å². The van der Waals surface area contributed by atoms with Gasteiger partial charge in [-0.1, -0.05) is 15.9 Å². The maximum atomic E-state index is 5.77. The van der Waals surface area contributed by atoms with E-state index in [9.17, 15) is 0 Å². The Balaban J connectivity index is 1.63. The van der Waals surface area contributed by atoms with Crippen molar-refractivity contribution in [3.05, 3.63) is 28.7 Å². The highest BCUT2D eigenvalue weighted by Crippen LogP contribution is 2.19. The average Bonchev–Trinajstić information content (AvgIpc) is 2.53. The largest absolute Gasteiger partial charge is 0.372 e. The highest BCUT2D eigenvalue weighted by molar-refractivity contribution is 9.10. The highest BCUT2D eigenvalue weighted by atomic mass is 79.9. The first-order valence-corrected chi connectivity index (χ1v) is 8.82. The van der Waals surface area contributed by atoms with Crippen LogP contribution in [0.15, 0.2) is 28.7 Å². The second-order valence-corrected chi connectivity index (χ2v) is 6.35. The van der Waals surface area contributed by atoms with Crippen LogP contribution in [-0.2, 0) is 9.47 Å². The molecule has 118 valence electrons. The molecule has 1 unspecified atom stereocenters. The minimum Gasteiger partial charge on any atom is -0.372 e. The van der Waals surface area contributed by atoms with Crippen LogP contribution in [-0.4, -0.2) is 32.6 Å². The average molecular weight is 356 g/mol. The first-order valence-electron chi connectivity index (χ1n) is 8.03. The third-order valence-corrected chi connectivity index (χ3v) is 4.37. The van der Waals surface area contributed by atoms with Crippen molar-refractivity contribution in [3.63, 3.8) is 0 Å². The van der Waals surface area contributed by atoms with Gasteiger partial charge in [-0.25, -0.2) is 0 Å². The van der Waals surface area contributed by atoms with Gasteiger partial charge in [0.15, 0.2) is 6.29 Å². The molecule has 21 heavy (non-hydrogen) atoms. The number of benzene rings is 1. The van der Waals surface area contributed by atoms with Crippen molar-refractivity contribution in [2.45, 2.75) is 45.3 Å². The molecule has 0 N–H and O–H groups in total. The summed E-state index contributed by atoms with van der Waals surface area (Å²) in [4.78, 5) is 2.41. The molecule has 0 amide bonds. The lowest BCUT2D eigenvalue weighted by Crippen LogP contribution is -2.25. The normalized spacial score (nSPS) is 18.7. The van der Waals surface area contributed by atoms with Gasteiger partial charge in [0.25, 0.3) is 0 Å². The minimum absolute atomic E-state index is 0.0486. The van der Waals surface area contributed by atoms with E-state index >= 15 is 0 Å². The Morgan fingerprint density at radius 2 is 2.05 bits per heavy atom. The predicted octanol–water partition coefficient (Wildman–Crippen LogP) is 4.60. The molecule has 2 rings (SSSR count). The second kappa shape index (κ2) is 9.44. The third kappa shape index (κ3) is 5.97. The fraction of sp³-hybridized carbons (Fsp3) is 0.647. The SMILES string of the molecule is CCN(CCCCOC1CCCCO1)c1ccc(Br)cc1. The van der Waals surface area contributed by atoms with Gasteiger partial charge < -0.3 is 14.4 Å². The summed E-state index contributed by atoms with van der Waals surface area (Å²) in [6.07, 6.45) is 5.76. The molecule has 1 aromatic carbocycles. The van der Waals surface area contributed by atoms with Crippen molar-refractivity contribution in [1.29, 1.82) is 0 Å². The molecule has 0 aromatic heterocycles. The fourth-order valence-electron chi connectivity index (χ4n) is 2.58. The number of rotatable bonds is 8. The van der Waals surface area contributed by atoms with E-state index in [2.05, 4.69) is 52.0 Å². The van der Waals surface area contributed by atoms with Crippen LogP contribution in [0, 0.1) is 0 Å². The fourth-order valence-corrected chi connectivity index (χ4v) is 2.85. The zero-order valence-corrected chi connectivity index (χ0v) is 14.5. The lowest BCUT2D eigenvalue weighted by Gasteiger charge is -2.24. The third-order valence-electron chi connectivity index (χ3n) is 3.84. The van der Waals surface area contributed by atoms with Crippen LogP contribution in [0.5, 0.6) is 0 Å². The Labute approximate surface area is 136 Å². The molecular formula is C17H26BrNO2. The van der Waals surface area contributed by atoms with Crippen molar-refractivity contribution in [3.8, 4) is 0 Å². The molecule has 1 atom stereocenters. The molecule has 3 nitrogen and oxygen atoms in total. The van der Waals surface area contributed by atoms with Crippen LogP contribution in [0.2, 0.25) is 0 Å². The van der Waals surface area contributed by atoms with E-state index in [1.54, 1.807) is 0 Å². The van der Waals surface area contributed by atoms with Gasteiger partial charge >= 0.3 is 0 Å². The van der Waals surface area contributed by atoms with Gasteiger partial charge in [-0.05, 0) is 63.3 Å². The van der Waals surface area contributed by atoms with Gasteiger partial charge in [0.1, 0.15) is 0 Å². The molecule has 1 aromatic rings. The van der Waals surface area contributed by atoms with E-state index < -0.39 is 0 Å². The van der Waals surface area contributed by atoms with E-state index in [0.717, 1.165) is 50.0 Å². The Hall–Kier alpha value is -0.580. The number of hydrogen-bond donors (Lipinski definition) is 0. The molecule has 0 bridgehead atoms. The van der Waals surface area contributed by atoms with Crippen molar-refractivity contribution in [1.82, 2.24) is 0 Å². The summed E-state index contributed by atoms with van der Waals surface area (Å²) in [6.45, 7) is 5.98. The number of unbranched alkanes of at least 4 members (excludes halogenated alkanes) is 1. The molecule has 0 radical (unpaired) electrons. The summed E-state index contributed by atoms with van der Waals surface area (Å²) in [5.41, 5.74) is 1.29. The monoisotopic (exact) mass is 355 g/mol. The highest BCUT2D eigenvalue weighted by Gasteiger charge is 2.13. The van der Waals surface area contributed by atoms with E-state index in [1.807, 2.05) is 0 Å². The summed E-state index contributed by atoms with van der Waals surface area (Å²) in [6, 6.07) is 8.53. The standard InChI is InChI=1S/C17H26BrNO2/c1-2-19(16-10-8-15(18)9-11-16)12-4-6-14-21-17-7-3-5-13-20-17/h8-11,17H,2-7,12-14H2,1H3.